The Hall–Kier alpha value is -2.81. The van der Waals surface area contributed by atoms with E-state index in [1.807, 2.05) is 53.4 Å². The van der Waals surface area contributed by atoms with Gasteiger partial charge in [-0.3, -0.25) is 4.79 Å². The van der Waals surface area contributed by atoms with Crippen LogP contribution in [0.15, 0.2) is 84.9 Å². The average molecular weight is 432 g/mol. The highest BCUT2D eigenvalue weighted by molar-refractivity contribution is 6.30. The van der Waals surface area contributed by atoms with Crippen molar-refractivity contribution in [1.82, 2.24) is 0 Å². The zero-order valence-electron chi connectivity index (χ0n) is 16.2. The van der Waals surface area contributed by atoms with E-state index >= 15 is 0 Å². The smallest absolute Gasteiger partial charge is 0.228 e. The first-order chi connectivity index (χ1) is 14.6. The summed E-state index contributed by atoms with van der Waals surface area (Å²) < 4.78 is 0. The maximum absolute atomic E-state index is 13.3. The molecule has 5 rings (SSSR count). The number of hydrogen-bond acceptors (Lipinski definition) is 1. The molecule has 0 radical (unpaired) electrons. The standard InChI is InChI=1S/C26H19Cl2NO/c27-20-11-8-17(9-12-20)16-29-24-13-10-18-4-1-2-7-22(18)26(24)23(15-25(29)30)19-5-3-6-21(28)14-19/h1-14,23H,15-16H2. The Kier molecular flexibility index (Phi) is 4.98. The zero-order valence-corrected chi connectivity index (χ0v) is 17.7. The Morgan fingerprint density at radius 3 is 2.43 bits per heavy atom. The van der Waals surface area contributed by atoms with Gasteiger partial charge in [0.2, 0.25) is 5.91 Å². The Bertz CT molecular complexity index is 1250. The summed E-state index contributed by atoms with van der Waals surface area (Å²) in [6, 6.07) is 28.0. The van der Waals surface area contributed by atoms with Crippen LogP contribution in [0.5, 0.6) is 0 Å². The average Bonchev–Trinajstić information content (AvgIpc) is 2.76. The van der Waals surface area contributed by atoms with Crippen LogP contribution in [-0.4, -0.2) is 5.91 Å². The largest absolute Gasteiger partial charge is 0.308 e. The van der Waals surface area contributed by atoms with Crippen LogP contribution >= 0.6 is 23.2 Å². The summed E-state index contributed by atoms with van der Waals surface area (Å²) in [5.41, 5.74) is 4.27. The number of amides is 1. The molecule has 1 unspecified atom stereocenters. The van der Waals surface area contributed by atoms with Crippen molar-refractivity contribution in [3.05, 3.63) is 112 Å². The second kappa shape index (κ2) is 7.79. The van der Waals surface area contributed by atoms with Gasteiger partial charge in [0, 0.05) is 28.1 Å². The molecule has 0 saturated heterocycles. The predicted molar refractivity (Wildman–Crippen MR) is 125 cm³/mol. The number of anilines is 1. The van der Waals surface area contributed by atoms with Gasteiger partial charge in [-0.15, -0.1) is 0 Å². The first kappa shape index (κ1) is 19.2. The van der Waals surface area contributed by atoms with Crippen molar-refractivity contribution in [3.8, 4) is 0 Å². The van der Waals surface area contributed by atoms with Gasteiger partial charge in [0.25, 0.3) is 0 Å². The molecule has 4 aromatic carbocycles. The van der Waals surface area contributed by atoms with E-state index in [4.69, 9.17) is 23.2 Å². The third-order valence-corrected chi connectivity index (χ3v) is 6.26. The molecule has 2 nitrogen and oxygen atoms in total. The molecule has 0 aliphatic carbocycles. The summed E-state index contributed by atoms with van der Waals surface area (Å²) in [6.07, 6.45) is 0.412. The lowest BCUT2D eigenvalue weighted by Gasteiger charge is -2.35. The quantitative estimate of drug-likeness (QED) is 0.335. The number of benzene rings is 4. The van der Waals surface area contributed by atoms with Crippen LogP contribution in [0.25, 0.3) is 10.8 Å². The molecule has 1 aliphatic heterocycles. The van der Waals surface area contributed by atoms with Crippen LogP contribution in [-0.2, 0) is 11.3 Å². The normalized spacial score (nSPS) is 16.0. The van der Waals surface area contributed by atoms with Crippen LogP contribution in [0.2, 0.25) is 10.0 Å². The van der Waals surface area contributed by atoms with Crippen molar-refractivity contribution in [2.45, 2.75) is 18.9 Å². The van der Waals surface area contributed by atoms with Crippen molar-refractivity contribution >= 4 is 45.6 Å². The minimum Gasteiger partial charge on any atom is -0.308 e. The molecule has 0 fully saturated rings. The lowest BCUT2D eigenvalue weighted by atomic mass is 9.81. The van der Waals surface area contributed by atoms with Gasteiger partial charge in [-0.2, -0.15) is 0 Å². The number of carbonyl (C=O) groups excluding carboxylic acids is 1. The van der Waals surface area contributed by atoms with Gasteiger partial charge in [0.05, 0.1) is 6.54 Å². The van der Waals surface area contributed by atoms with Gasteiger partial charge < -0.3 is 4.90 Å². The van der Waals surface area contributed by atoms with Crippen LogP contribution in [0, 0.1) is 0 Å². The number of fused-ring (bicyclic) bond motifs is 3. The molecule has 1 amide bonds. The van der Waals surface area contributed by atoms with E-state index in [1.165, 1.54) is 16.3 Å². The molecule has 1 atom stereocenters. The Balaban J connectivity index is 1.68. The molecule has 1 heterocycles. The Morgan fingerprint density at radius 2 is 1.63 bits per heavy atom. The van der Waals surface area contributed by atoms with Crippen molar-refractivity contribution < 1.29 is 4.79 Å². The van der Waals surface area contributed by atoms with E-state index in [1.54, 1.807) is 0 Å². The Morgan fingerprint density at radius 1 is 0.833 bits per heavy atom. The second-order valence-corrected chi connectivity index (χ2v) is 8.51. The van der Waals surface area contributed by atoms with Gasteiger partial charge in [-0.05, 0) is 57.8 Å². The summed E-state index contributed by atoms with van der Waals surface area (Å²) in [4.78, 5) is 15.2. The van der Waals surface area contributed by atoms with Gasteiger partial charge in [-0.25, -0.2) is 0 Å². The van der Waals surface area contributed by atoms with E-state index < -0.39 is 0 Å². The van der Waals surface area contributed by atoms with Gasteiger partial charge in [0.15, 0.2) is 0 Å². The molecule has 0 spiro atoms. The fourth-order valence-electron chi connectivity index (χ4n) is 4.36. The predicted octanol–water partition coefficient (Wildman–Crippen LogP) is 7.22. The third-order valence-electron chi connectivity index (χ3n) is 5.77. The number of hydrogen-bond donors (Lipinski definition) is 0. The topological polar surface area (TPSA) is 20.3 Å². The molecule has 0 bridgehead atoms. The first-order valence-electron chi connectivity index (χ1n) is 9.92. The number of halogens is 2. The first-order valence-corrected chi connectivity index (χ1v) is 10.7. The maximum atomic E-state index is 13.3. The van der Waals surface area contributed by atoms with Crippen molar-refractivity contribution in [3.63, 3.8) is 0 Å². The summed E-state index contributed by atoms with van der Waals surface area (Å²) >= 11 is 12.3. The minimum atomic E-state index is -0.0289. The van der Waals surface area contributed by atoms with E-state index in [-0.39, 0.29) is 11.8 Å². The highest BCUT2D eigenvalue weighted by Gasteiger charge is 2.33. The SMILES string of the molecule is O=C1CC(c2cccc(Cl)c2)c2c(ccc3ccccc23)N1Cc1ccc(Cl)cc1. The molecular formula is C26H19Cl2NO. The fourth-order valence-corrected chi connectivity index (χ4v) is 4.69. The molecule has 148 valence electrons. The number of carbonyl (C=O) groups is 1. The summed E-state index contributed by atoms with van der Waals surface area (Å²) in [5, 5.41) is 3.72. The van der Waals surface area contributed by atoms with E-state index in [9.17, 15) is 4.79 Å². The third kappa shape index (κ3) is 3.47. The van der Waals surface area contributed by atoms with E-state index in [2.05, 4.69) is 36.4 Å². The highest BCUT2D eigenvalue weighted by Crippen LogP contribution is 2.44. The summed E-state index contributed by atoms with van der Waals surface area (Å²) in [5.74, 6) is 0.0801. The summed E-state index contributed by atoms with van der Waals surface area (Å²) in [6.45, 7) is 0.517. The molecule has 4 heteroatoms. The molecule has 0 saturated carbocycles. The Labute approximate surface area is 185 Å². The van der Waals surface area contributed by atoms with Gasteiger partial charge in [-0.1, -0.05) is 77.8 Å². The number of rotatable bonds is 3. The number of nitrogens with zero attached hydrogens (tertiary/aromatic N) is 1. The van der Waals surface area contributed by atoms with Crippen molar-refractivity contribution in [2.75, 3.05) is 4.90 Å². The van der Waals surface area contributed by atoms with Crippen LogP contribution in [0.4, 0.5) is 5.69 Å². The molecule has 0 aromatic heterocycles. The summed E-state index contributed by atoms with van der Waals surface area (Å²) in [7, 11) is 0. The second-order valence-electron chi connectivity index (χ2n) is 7.64. The molecular weight excluding hydrogens is 413 g/mol. The van der Waals surface area contributed by atoms with Gasteiger partial charge >= 0.3 is 0 Å². The lowest BCUT2D eigenvalue weighted by Crippen LogP contribution is -2.36. The van der Waals surface area contributed by atoms with Crippen LogP contribution in [0.3, 0.4) is 0 Å². The monoisotopic (exact) mass is 431 g/mol. The molecule has 30 heavy (non-hydrogen) atoms. The molecule has 4 aromatic rings. The molecule has 0 N–H and O–H groups in total. The van der Waals surface area contributed by atoms with Crippen molar-refractivity contribution in [2.24, 2.45) is 0 Å². The van der Waals surface area contributed by atoms with Crippen molar-refractivity contribution in [1.29, 1.82) is 0 Å². The zero-order chi connectivity index (χ0) is 20.7. The van der Waals surface area contributed by atoms with E-state index in [0.717, 1.165) is 16.8 Å². The highest BCUT2D eigenvalue weighted by atomic mass is 35.5. The van der Waals surface area contributed by atoms with Crippen LogP contribution in [0.1, 0.15) is 29.0 Å². The minimum absolute atomic E-state index is 0.0289. The fraction of sp³-hybridized carbons (Fsp3) is 0.115. The lowest BCUT2D eigenvalue weighted by molar-refractivity contribution is -0.119. The maximum Gasteiger partial charge on any atom is 0.228 e. The van der Waals surface area contributed by atoms with Gasteiger partial charge in [0.1, 0.15) is 0 Å². The van der Waals surface area contributed by atoms with Crippen LogP contribution < -0.4 is 4.90 Å². The van der Waals surface area contributed by atoms with E-state index in [0.29, 0.717) is 23.0 Å². The molecule has 1 aliphatic rings.